The lowest BCUT2D eigenvalue weighted by Gasteiger charge is -1.91. The molecule has 3 N–H and O–H groups in total. The van der Waals surface area contributed by atoms with E-state index in [4.69, 9.17) is 0 Å². The zero-order valence-electron chi connectivity index (χ0n) is 11.1. The monoisotopic (exact) mass is 328 g/mol. The molecule has 0 aromatic heterocycles. The summed E-state index contributed by atoms with van der Waals surface area (Å²) in [6, 6.07) is 9.14. The molecule has 3 amide bonds. The molecule has 1 fully saturated rings. The van der Waals surface area contributed by atoms with Crippen LogP contribution in [0, 0.1) is 5.92 Å². The predicted octanol–water partition coefficient (Wildman–Crippen LogP) is 3.46. The van der Waals surface area contributed by atoms with Crippen molar-refractivity contribution in [3.8, 4) is 0 Å². The summed E-state index contributed by atoms with van der Waals surface area (Å²) in [4.78, 5) is 18.7. The smallest absolute Gasteiger partial charge is 0.318 e. The van der Waals surface area contributed by atoms with Gasteiger partial charge in [-0.3, -0.25) is 10.1 Å². The molecule has 106 valence electrons. The minimum atomic E-state index is -0.829. The predicted molar refractivity (Wildman–Crippen MR) is 80.6 cm³/mol. The fourth-order valence-corrected chi connectivity index (χ4v) is 1.91. The number of nitrogens with one attached hydrogen (secondary N) is 1. The normalized spacial score (nSPS) is 13.4. The molecular formula is C14H21BrN2O2. The van der Waals surface area contributed by atoms with Crippen molar-refractivity contribution in [2.75, 3.05) is 0 Å². The van der Waals surface area contributed by atoms with Crippen molar-refractivity contribution >= 4 is 28.4 Å². The van der Waals surface area contributed by atoms with Crippen LogP contribution in [0.25, 0.3) is 0 Å². The van der Waals surface area contributed by atoms with Gasteiger partial charge in [0.25, 0.3) is 0 Å². The molecule has 1 aliphatic carbocycles. The number of carbonyl (C=O) groups excluding carboxylic acids is 2. The number of primary amides is 1. The lowest BCUT2D eigenvalue weighted by atomic mass is 10.2. The topological polar surface area (TPSA) is 72.2 Å². The maximum atomic E-state index is 9.48. The number of hydrogen-bond acceptors (Lipinski definition) is 2. The van der Waals surface area contributed by atoms with Gasteiger partial charge in [-0.2, -0.15) is 0 Å². The van der Waals surface area contributed by atoms with Crippen LogP contribution < -0.4 is 11.1 Å². The van der Waals surface area contributed by atoms with E-state index in [1.807, 2.05) is 30.3 Å². The molecule has 0 radical (unpaired) electrons. The fraction of sp³-hybridized carbons (Fsp3) is 0.429. The number of rotatable bonds is 1. The molecule has 19 heavy (non-hydrogen) atoms. The van der Waals surface area contributed by atoms with Gasteiger partial charge in [-0.15, -0.1) is 0 Å². The molecule has 0 heterocycles. The molecule has 1 saturated carbocycles. The highest BCUT2D eigenvalue weighted by atomic mass is 79.9. The molecule has 1 aromatic carbocycles. The van der Waals surface area contributed by atoms with Crippen molar-refractivity contribution in [2.45, 2.75) is 32.6 Å². The summed E-state index contributed by atoms with van der Waals surface area (Å²) >= 11 is 3.31. The van der Waals surface area contributed by atoms with Gasteiger partial charge in [-0.1, -0.05) is 66.7 Å². The number of nitrogens with two attached hydrogens (primary N) is 1. The average Bonchev–Trinajstić information content (AvgIpc) is 2.83. The third-order valence-corrected chi connectivity index (χ3v) is 3.11. The molecule has 1 aliphatic rings. The largest absolute Gasteiger partial charge is 0.351 e. The zero-order chi connectivity index (χ0) is 14.5. The molecule has 2 rings (SSSR count). The molecule has 0 saturated heterocycles. The van der Waals surface area contributed by atoms with Crippen molar-refractivity contribution in [1.29, 1.82) is 0 Å². The van der Waals surface area contributed by atoms with Crippen LogP contribution in [0.2, 0.25) is 0 Å². The first-order chi connectivity index (χ1) is 9.06. The summed E-state index contributed by atoms with van der Waals surface area (Å²) in [6.07, 6.45) is 6.17. The van der Waals surface area contributed by atoms with E-state index in [0.29, 0.717) is 0 Å². The Morgan fingerprint density at radius 1 is 1.32 bits per heavy atom. The number of hydrogen-bond donors (Lipinski definition) is 2. The Morgan fingerprint density at radius 3 is 2.00 bits per heavy atom. The Labute approximate surface area is 122 Å². The first-order valence-corrected chi connectivity index (χ1v) is 7.05. The van der Waals surface area contributed by atoms with Crippen LogP contribution in [0.3, 0.4) is 0 Å². The standard InChI is InChI=1S/C6H5Br.C6H12.C2H4N2O2/c7-6-4-2-1-3-5-6;1-6-4-2-3-5-6;3-2(6)4-1-5/h1-5H;6H,2-5H2,1H3;1H,(H3,3,4,5,6). The number of halogens is 1. The summed E-state index contributed by atoms with van der Waals surface area (Å²) in [5.74, 6) is 1.05. The number of amides is 3. The lowest BCUT2D eigenvalue weighted by molar-refractivity contribution is -0.108. The lowest BCUT2D eigenvalue weighted by Crippen LogP contribution is -2.27. The third kappa shape index (κ3) is 12.9. The first-order valence-electron chi connectivity index (χ1n) is 6.26. The minimum absolute atomic E-state index is 0.225. The quantitative estimate of drug-likeness (QED) is 0.775. The maximum Gasteiger partial charge on any atom is 0.318 e. The van der Waals surface area contributed by atoms with Gasteiger partial charge in [0.1, 0.15) is 0 Å². The van der Waals surface area contributed by atoms with E-state index in [2.05, 4.69) is 28.6 Å². The van der Waals surface area contributed by atoms with Gasteiger partial charge in [-0.25, -0.2) is 4.79 Å². The van der Waals surface area contributed by atoms with Crippen molar-refractivity contribution in [1.82, 2.24) is 5.32 Å². The van der Waals surface area contributed by atoms with Gasteiger partial charge in [0.2, 0.25) is 6.41 Å². The highest BCUT2D eigenvalue weighted by molar-refractivity contribution is 9.10. The second-order valence-corrected chi connectivity index (χ2v) is 5.23. The van der Waals surface area contributed by atoms with Crippen LogP contribution in [-0.4, -0.2) is 12.4 Å². The highest BCUT2D eigenvalue weighted by Gasteiger charge is 2.07. The van der Waals surface area contributed by atoms with Crippen molar-refractivity contribution in [3.63, 3.8) is 0 Å². The highest BCUT2D eigenvalue weighted by Crippen LogP contribution is 2.22. The van der Waals surface area contributed by atoms with Gasteiger partial charge in [0, 0.05) is 4.47 Å². The fourth-order valence-electron chi connectivity index (χ4n) is 1.60. The van der Waals surface area contributed by atoms with Crippen LogP contribution >= 0.6 is 15.9 Å². The molecule has 1 aromatic rings. The number of imide groups is 1. The van der Waals surface area contributed by atoms with Crippen LogP contribution in [0.15, 0.2) is 34.8 Å². The van der Waals surface area contributed by atoms with E-state index in [1.165, 1.54) is 25.7 Å². The van der Waals surface area contributed by atoms with Gasteiger partial charge >= 0.3 is 6.03 Å². The van der Waals surface area contributed by atoms with Gasteiger partial charge in [0.05, 0.1) is 0 Å². The van der Waals surface area contributed by atoms with E-state index >= 15 is 0 Å². The third-order valence-electron chi connectivity index (χ3n) is 2.58. The number of urea groups is 1. The molecule has 0 aliphatic heterocycles. The second kappa shape index (κ2) is 11.7. The zero-order valence-corrected chi connectivity index (χ0v) is 12.7. The van der Waals surface area contributed by atoms with Crippen LogP contribution in [0.5, 0.6) is 0 Å². The number of benzene rings is 1. The van der Waals surface area contributed by atoms with E-state index in [0.717, 1.165) is 10.4 Å². The molecule has 0 unspecified atom stereocenters. The summed E-state index contributed by atoms with van der Waals surface area (Å²) in [6.45, 7) is 2.34. The van der Waals surface area contributed by atoms with Crippen molar-refractivity contribution < 1.29 is 9.59 Å². The van der Waals surface area contributed by atoms with Gasteiger partial charge < -0.3 is 5.73 Å². The maximum absolute atomic E-state index is 9.48. The SMILES string of the molecule is Brc1ccccc1.CC1CCCC1.NC(=O)NC=O. The molecular weight excluding hydrogens is 308 g/mol. The molecule has 0 spiro atoms. The van der Waals surface area contributed by atoms with E-state index in [9.17, 15) is 9.59 Å². The number of carbonyl (C=O) groups is 2. The molecule has 0 bridgehead atoms. The second-order valence-electron chi connectivity index (χ2n) is 4.31. The Morgan fingerprint density at radius 2 is 1.84 bits per heavy atom. The Hall–Kier alpha value is -1.36. The first kappa shape index (κ1) is 17.6. The van der Waals surface area contributed by atoms with Crippen LogP contribution in [0.4, 0.5) is 4.79 Å². The minimum Gasteiger partial charge on any atom is -0.351 e. The van der Waals surface area contributed by atoms with Crippen molar-refractivity contribution in [2.24, 2.45) is 11.7 Å². The molecule has 0 atom stereocenters. The Bertz CT molecular complexity index is 352. The van der Waals surface area contributed by atoms with Crippen molar-refractivity contribution in [3.05, 3.63) is 34.8 Å². The summed E-state index contributed by atoms with van der Waals surface area (Å²) in [5.41, 5.74) is 4.42. The Balaban J connectivity index is 0.000000257. The molecule has 4 nitrogen and oxygen atoms in total. The summed E-state index contributed by atoms with van der Waals surface area (Å²) < 4.78 is 1.13. The van der Waals surface area contributed by atoms with Crippen LogP contribution in [0.1, 0.15) is 32.6 Å². The average molecular weight is 329 g/mol. The Kier molecular flexibility index (Phi) is 10.9. The van der Waals surface area contributed by atoms with E-state index in [1.54, 1.807) is 5.32 Å². The summed E-state index contributed by atoms with van der Waals surface area (Å²) in [5, 5.41) is 1.67. The van der Waals surface area contributed by atoms with Gasteiger partial charge in [-0.05, 0) is 18.1 Å². The molecule has 5 heteroatoms. The van der Waals surface area contributed by atoms with E-state index in [-0.39, 0.29) is 6.41 Å². The van der Waals surface area contributed by atoms with E-state index < -0.39 is 6.03 Å². The summed E-state index contributed by atoms with van der Waals surface area (Å²) in [7, 11) is 0. The van der Waals surface area contributed by atoms with Crippen LogP contribution in [-0.2, 0) is 4.79 Å². The van der Waals surface area contributed by atoms with Gasteiger partial charge in [0.15, 0.2) is 0 Å².